The number of aromatic nitrogens is 2. The van der Waals surface area contributed by atoms with Crippen LogP contribution in [0.3, 0.4) is 0 Å². The number of nitrogens with zero attached hydrogens (tertiary/aromatic N) is 3. The van der Waals surface area contributed by atoms with Gasteiger partial charge in [0.05, 0.1) is 18.3 Å². The van der Waals surface area contributed by atoms with E-state index >= 15 is 0 Å². The Labute approximate surface area is 108 Å². The molecule has 0 aromatic carbocycles. The Bertz CT molecular complexity index is 403. The van der Waals surface area contributed by atoms with Gasteiger partial charge < -0.3 is 10.0 Å². The molecule has 18 heavy (non-hydrogen) atoms. The van der Waals surface area contributed by atoms with Gasteiger partial charge >= 0.3 is 6.03 Å². The monoisotopic (exact) mass is 254 g/mol. The van der Waals surface area contributed by atoms with Crippen molar-refractivity contribution in [2.45, 2.75) is 32.7 Å². The number of likely N-dealkylation sites (N-methyl/N-ethyl adjacent to an activating group) is 1. The molecule has 1 heterocycles. The highest BCUT2D eigenvalue weighted by atomic mass is 16.3. The quantitative estimate of drug-likeness (QED) is 0.830. The average molecular weight is 254 g/mol. The van der Waals surface area contributed by atoms with Crippen molar-refractivity contribution in [1.29, 1.82) is 0 Å². The summed E-state index contributed by atoms with van der Waals surface area (Å²) in [6.07, 6.45) is 1.92. The first-order valence-corrected chi connectivity index (χ1v) is 6.17. The van der Waals surface area contributed by atoms with Crippen molar-refractivity contribution < 1.29 is 9.90 Å². The number of hydrogen-bond donors (Lipinski definition) is 2. The Morgan fingerprint density at radius 2 is 2.33 bits per heavy atom. The van der Waals surface area contributed by atoms with E-state index < -0.39 is 0 Å². The van der Waals surface area contributed by atoms with Crippen molar-refractivity contribution in [3.05, 3.63) is 11.8 Å². The Hall–Kier alpha value is -1.56. The second-order valence-electron chi connectivity index (χ2n) is 4.47. The van der Waals surface area contributed by atoms with E-state index in [1.54, 1.807) is 25.7 Å². The molecule has 0 fully saturated rings. The minimum Gasteiger partial charge on any atom is -0.394 e. The minimum absolute atomic E-state index is 0.0591. The third-order valence-corrected chi connectivity index (χ3v) is 2.92. The predicted octanol–water partition coefficient (Wildman–Crippen LogP) is 1.22. The summed E-state index contributed by atoms with van der Waals surface area (Å²) in [6, 6.07) is 1.41. The van der Waals surface area contributed by atoms with Crippen LogP contribution in [-0.2, 0) is 13.5 Å². The van der Waals surface area contributed by atoms with Crippen LogP contribution in [0.25, 0.3) is 0 Å². The molecule has 0 saturated heterocycles. The maximum atomic E-state index is 11.9. The Morgan fingerprint density at radius 1 is 1.67 bits per heavy atom. The molecule has 1 rings (SSSR count). The van der Waals surface area contributed by atoms with E-state index in [0.717, 1.165) is 18.5 Å². The average Bonchev–Trinajstić information content (AvgIpc) is 2.68. The van der Waals surface area contributed by atoms with Crippen molar-refractivity contribution in [1.82, 2.24) is 14.7 Å². The van der Waals surface area contributed by atoms with Crippen molar-refractivity contribution >= 4 is 11.8 Å². The summed E-state index contributed by atoms with van der Waals surface area (Å²) in [7, 11) is 3.45. The number of anilines is 1. The van der Waals surface area contributed by atoms with E-state index in [2.05, 4.69) is 17.3 Å². The summed E-state index contributed by atoms with van der Waals surface area (Å²) in [4.78, 5) is 13.4. The van der Waals surface area contributed by atoms with Crippen molar-refractivity contribution in [2.75, 3.05) is 19.0 Å². The molecule has 0 aliphatic rings. The van der Waals surface area contributed by atoms with Crippen LogP contribution in [0.2, 0.25) is 0 Å². The molecule has 2 amide bonds. The number of carbonyl (C=O) groups is 1. The van der Waals surface area contributed by atoms with Gasteiger partial charge in [-0.25, -0.2) is 4.79 Å². The Balaban J connectivity index is 2.69. The maximum absolute atomic E-state index is 11.9. The highest BCUT2D eigenvalue weighted by molar-refractivity contribution is 5.88. The fourth-order valence-corrected chi connectivity index (χ4v) is 1.54. The van der Waals surface area contributed by atoms with Crippen molar-refractivity contribution in [2.24, 2.45) is 7.05 Å². The van der Waals surface area contributed by atoms with E-state index in [0.29, 0.717) is 5.82 Å². The van der Waals surface area contributed by atoms with Crippen LogP contribution in [0.4, 0.5) is 10.6 Å². The number of aliphatic hydroxyl groups is 1. The van der Waals surface area contributed by atoms with Gasteiger partial charge in [-0.1, -0.05) is 13.3 Å². The highest BCUT2D eigenvalue weighted by Crippen LogP contribution is 2.11. The second-order valence-corrected chi connectivity index (χ2v) is 4.47. The smallest absolute Gasteiger partial charge is 0.323 e. The van der Waals surface area contributed by atoms with E-state index in [1.165, 1.54) is 4.90 Å². The molecule has 2 N–H and O–H groups in total. The van der Waals surface area contributed by atoms with Gasteiger partial charge in [-0.15, -0.1) is 0 Å². The van der Waals surface area contributed by atoms with Crippen LogP contribution in [-0.4, -0.2) is 45.5 Å². The molecule has 102 valence electrons. The molecule has 0 aliphatic carbocycles. The first kappa shape index (κ1) is 14.5. The lowest BCUT2D eigenvalue weighted by Crippen LogP contribution is -2.40. The number of amides is 2. The zero-order valence-corrected chi connectivity index (χ0v) is 11.5. The third kappa shape index (κ3) is 3.46. The Kier molecular flexibility index (Phi) is 5.15. The van der Waals surface area contributed by atoms with Crippen molar-refractivity contribution in [3.63, 3.8) is 0 Å². The van der Waals surface area contributed by atoms with Gasteiger partial charge in [0.25, 0.3) is 0 Å². The van der Waals surface area contributed by atoms with Gasteiger partial charge in [0.1, 0.15) is 5.82 Å². The van der Waals surface area contributed by atoms with Gasteiger partial charge in [0, 0.05) is 20.2 Å². The highest BCUT2D eigenvalue weighted by Gasteiger charge is 2.16. The minimum atomic E-state index is -0.248. The molecule has 0 saturated carbocycles. The fourth-order valence-electron chi connectivity index (χ4n) is 1.54. The normalized spacial score (nSPS) is 12.3. The predicted molar refractivity (Wildman–Crippen MR) is 70.5 cm³/mol. The van der Waals surface area contributed by atoms with E-state index in [9.17, 15) is 4.79 Å². The molecule has 1 aromatic heterocycles. The summed E-state index contributed by atoms with van der Waals surface area (Å²) in [6.45, 7) is 3.81. The zero-order chi connectivity index (χ0) is 13.7. The molecular weight excluding hydrogens is 232 g/mol. The molecule has 0 radical (unpaired) electrons. The summed E-state index contributed by atoms with van der Waals surface area (Å²) < 4.78 is 1.65. The Morgan fingerprint density at radius 3 is 2.89 bits per heavy atom. The third-order valence-electron chi connectivity index (χ3n) is 2.92. The SMILES string of the molecule is CCCc1cc(NC(=O)N(C)C(C)CO)n(C)n1. The molecule has 0 bridgehead atoms. The molecular formula is C12H22N4O2. The van der Waals surface area contributed by atoms with Crippen LogP contribution in [0.15, 0.2) is 6.07 Å². The molecule has 1 aromatic rings. The van der Waals surface area contributed by atoms with Gasteiger partial charge in [0.2, 0.25) is 0 Å². The number of urea groups is 1. The van der Waals surface area contributed by atoms with E-state index in [1.807, 2.05) is 6.07 Å². The summed E-state index contributed by atoms with van der Waals surface area (Å²) in [5, 5.41) is 16.1. The number of carbonyl (C=O) groups excluding carboxylic acids is 1. The number of aliphatic hydroxyl groups excluding tert-OH is 1. The number of aryl methyl sites for hydroxylation is 2. The fraction of sp³-hybridized carbons (Fsp3) is 0.667. The number of rotatable bonds is 5. The van der Waals surface area contributed by atoms with Crippen molar-refractivity contribution in [3.8, 4) is 0 Å². The number of hydrogen-bond acceptors (Lipinski definition) is 3. The van der Waals surface area contributed by atoms with Gasteiger partial charge in [-0.3, -0.25) is 10.00 Å². The van der Waals surface area contributed by atoms with E-state index in [-0.39, 0.29) is 18.7 Å². The molecule has 1 atom stereocenters. The lowest BCUT2D eigenvalue weighted by Gasteiger charge is -2.23. The molecule has 0 aliphatic heterocycles. The summed E-state index contributed by atoms with van der Waals surface area (Å²) in [5.74, 6) is 0.667. The van der Waals surface area contributed by atoms with Gasteiger partial charge in [-0.05, 0) is 13.3 Å². The van der Waals surface area contributed by atoms with Gasteiger partial charge in [-0.2, -0.15) is 5.10 Å². The van der Waals surface area contributed by atoms with Gasteiger partial charge in [0.15, 0.2) is 0 Å². The standard InChI is InChI=1S/C12H22N4O2/c1-5-6-10-7-11(16(4)14-10)13-12(18)15(3)9(2)8-17/h7,9,17H,5-6,8H2,1-4H3,(H,13,18). The molecule has 6 nitrogen and oxygen atoms in total. The summed E-state index contributed by atoms with van der Waals surface area (Å²) >= 11 is 0. The van der Waals surface area contributed by atoms with Crippen LogP contribution in [0.5, 0.6) is 0 Å². The maximum Gasteiger partial charge on any atom is 0.323 e. The molecule has 6 heteroatoms. The van der Waals surface area contributed by atoms with Crippen LogP contribution in [0.1, 0.15) is 26.0 Å². The van der Waals surface area contributed by atoms with Crippen LogP contribution >= 0.6 is 0 Å². The topological polar surface area (TPSA) is 70.4 Å². The first-order chi connectivity index (χ1) is 8.49. The first-order valence-electron chi connectivity index (χ1n) is 6.17. The van der Waals surface area contributed by atoms with E-state index in [4.69, 9.17) is 5.11 Å². The molecule has 0 spiro atoms. The largest absolute Gasteiger partial charge is 0.394 e. The number of nitrogens with one attached hydrogen (secondary N) is 1. The lowest BCUT2D eigenvalue weighted by atomic mass is 10.2. The zero-order valence-electron chi connectivity index (χ0n) is 11.5. The van der Waals surface area contributed by atoms with Crippen LogP contribution in [0, 0.1) is 0 Å². The second kappa shape index (κ2) is 6.39. The molecule has 1 unspecified atom stereocenters. The van der Waals surface area contributed by atoms with Crippen LogP contribution < -0.4 is 5.32 Å². The lowest BCUT2D eigenvalue weighted by molar-refractivity contribution is 0.166. The summed E-state index contributed by atoms with van der Waals surface area (Å²) in [5.41, 5.74) is 0.966.